The van der Waals surface area contributed by atoms with Gasteiger partial charge in [0.25, 0.3) is 0 Å². The van der Waals surface area contributed by atoms with Crippen LogP contribution in [0.1, 0.15) is 25.0 Å². The van der Waals surface area contributed by atoms with E-state index >= 15 is 0 Å². The predicted molar refractivity (Wildman–Crippen MR) is 73.2 cm³/mol. The summed E-state index contributed by atoms with van der Waals surface area (Å²) in [5.74, 6) is -0.323. The van der Waals surface area contributed by atoms with Crippen LogP contribution in [0, 0.1) is 17.1 Å². The number of amides is 1. The smallest absolute Gasteiger partial charge is 0.242 e. The molecule has 1 saturated heterocycles. The van der Waals surface area contributed by atoms with Crippen molar-refractivity contribution in [1.82, 2.24) is 9.80 Å². The van der Waals surface area contributed by atoms with Crippen molar-refractivity contribution < 1.29 is 9.18 Å². The second-order valence-electron chi connectivity index (χ2n) is 5.62. The van der Waals surface area contributed by atoms with Crippen molar-refractivity contribution in [2.24, 2.45) is 0 Å². The van der Waals surface area contributed by atoms with Crippen LogP contribution >= 0.6 is 0 Å². The summed E-state index contributed by atoms with van der Waals surface area (Å²) in [7, 11) is 1.78. The Balaban J connectivity index is 2.28. The molecule has 0 unspecified atom stereocenters. The number of hydrogen-bond donors (Lipinski definition) is 0. The second kappa shape index (κ2) is 5.22. The Morgan fingerprint density at radius 2 is 2.10 bits per heavy atom. The Hall–Kier alpha value is -1.93. The van der Waals surface area contributed by atoms with Gasteiger partial charge in [0.1, 0.15) is 5.82 Å². The summed E-state index contributed by atoms with van der Waals surface area (Å²) in [6, 6.07) is 6.21. The Bertz CT molecular complexity index is 577. The number of halogens is 1. The quantitative estimate of drug-likeness (QED) is 0.826. The molecule has 5 heteroatoms. The van der Waals surface area contributed by atoms with E-state index in [1.165, 1.54) is 18.2 Å². The third-order valence-electron chi connectivity index (χ3n) is 3.91. The molecule has 0 aliphatic carbocycles. The molecule has 4 nitrogen and oxygen atoms in total. The SMILES string of the molecule is CN1CCN(Cc2cc(F)ccc2C#N)C(C)(C)C1=O. The van der Waals surface area contributed by atoms with Gasteiger partial charge in [-0.05, 0) is 37.6 Å². The van der Waals surface area contributed by atoms with E-state index in [1.54, 1.807) is 11.9 Å². The van der Waals surface area contributed by atoms with Crippen LogP contribution in [0.2, 0.25) is 0 Å². The molecule has 1 aliphatic rings. The predicted octanol–water partition coefficient (Wildman–Crippen LogP) is 1.75. The van der Waals surface area contributed by atoms with E-state index in [0.29, 0.717) is 30.8 Å². The first-order chi connectivity index (χ1) is 9.36. The lowest BCUT2D eigenvalue weighted by Crippen LogP contribution is -2.61. The molecule has 1 aliphatic heterocycles. The maximum atomic E-state index is 13.4. The van der Waals surface area contributed by atoms with Gasteiger partial charge in [0.05, 0.1) is 17.2 Å². The third-order valence-corrected chi connectivity index (χ3v) is 3.91. The highest BCUT2D eigenvalue weighted by molar-refractivity contribution is 5.86. The maximum absolute atomic E-state index is 13.4. The van der Waals surface area contributed by atoms with E-state index < -0.39 is 5.54 Å². The van der Waals surface area contributed by atoms with Crippen LogP contribution in [0.4, 0.5) is 4.39 Å². The number of benzene rings is 1. The van der Waals surface area contributed by atoms with E-state index in [1.807, 2.05) is 18.7 Å². The molecule has 1 amide bonds. The highest BCUT2D eigenvalue weighted by Crippen LogP contribution is 2.25. The Morgan fingerprint density at radius 1 is 1.40 bits per heavy atom. The van der Waals surface area contributed by atoms with Crippen LogP contribution in [0.15, 0.2) is 18.2 Å². The first-order valence-electron chi connectivity index (χ1n) is 6.55. The van der Waals surface area contributed by atoms with Gasteiger partial charge in [-0.15, -0.1) is 0 Å². The first kappa shape index (κ1) is 14.5. The molecule has 1 aromatic carbocycles. The summed E-state index contributed by atoms with van der Waals surface area (Å²) in [6.07, 6.45) is 0. The fourth-order valence-electron chi connectivity index (χ4n) is 2.54. The van der Waals surface area contributed by atoms with E-state index in [-0.39, 0.29) is 11.7 Å². The topological polar surface area (TPSA) is 47.3 Å². The number of nitriles is 1. The molecule has 0 spiro atoms. The number of likely N-dealkylation sites (N-methyl/N-ethyl adjacent to an activating group) is 1. The van der Waals surface area contributed by atoms with Gasteiger partial charge in [-0.1, -0.05) is 0 Å². The summed E-state index contributed by atoms with van der Waals surface area (Å²) >= 11 is 0. The molecular weight excluding hydrogens is 257 g/mol. The highest BCUT2D eigenvalue weighted by atomic mass is 19.1. The molecular formula is C15H18FN3O. The molecule has 0 radical (unpaired) electrons. The molecule has 0 N–H and O–H groups in total. The number of piperazine rings is 1. The molecule has 0 saturated carbocycles. The summed E-state index contributed by atoms with van der Waals surface area (Å²) in [5, 5.41) is 9.10. The lowest BCUT2D eigenvalue weighted by atomic mass is 9.96. The molecule has 2 rings (SSSR count). The van der Waals surface area contributed by atoms with Crippen molar-refractivity contribution in [3.8, 4) is 6.07 Å². The largest absolute Gasteiger partial charge is 0.343 e. The summed E-state index contributed by atoms with van der Waals surface area (Å²) in [5.41, 5.74) is 0.429. The summed E-state index contributed by atoms with van der Waals surface area (Å²) in [6.45, 7) is 5.45. The van der Waals surface area contributed by atoms with Gasteiger partial charge < -0.3 is 4.90 Å². The van der Waals surface area contributed by atoms with E-state index in [9.17, 15) is 9.18 Å². The zero-order chi connectivity index (χ0) is 14.9. The fraction of sp³-hybridized carbons (Fsp3) is 0.467. The van der Waals surface area contributed by atoms with Crippen LogP contribution in [0.3, 0.4) is 0 Å². The van der Waals surface area contributed by atoms with Crippen molar-refractivity contribution in [2.45, 2.75) is 25.9 Å². The molecule has 1 aromatic rings. The van der Waals surface area contributed by atoms with Gasteiger partial charge >= 0.3 is 0 Å². The number of rotatable bonds is 2. The molecule has 20 heavy (non-hydrogen) atoms. The van der Waals surface area contributed by atoms with Crippen LogP contribution in [0.25, 0.3) is 0 Å². The van der Waals surface area contributed by atoms with Gasteiger partial charge in [0, 0.05) is 26.7 Å². The minimum absolute atomic E-state index is 0.0404. The Morgan fingerprint density at radius 3 is 2.75 bits per heavy atom. The molecule has 106 valence electrons. The van der Waals surface area contributed by atoms with Gasteiger partial charge in [0.15, 0.2) is 0 Å². The van der Waals surface area contributed by atoms with Crippen molar-refractivity contribution in [2.75, 3.05) is 20.1 Å². The van der Waals surface area contributed by atoms with Crippen LogP contribution in [-0.4, -0.2) is 41.4 Å². The number of nitrogens with zero attached hydrogens (tertiary/aromatic N) is 3. The van der Waals surface area contributed by atoms with Gasteiger partial charge in [0.2, 0.25) is 5.91 Å². The lowest BCUT2D eigenvalue weighted by Gasteiger charge is -2.44. The normalized spacial score (nSPS) is 18.9. The number of hydrogen-bond acceptors (Lipinski definition) is 3. The molecule has 0 atom stereocenters. The van der Waals surface area contributed by atoms with Crippen molar-refractivity contribution in [3.63, 3.8) is 0 Å². The van der Waals surface area contributed by atoms with Gasteiger partial charge in [-0.2, -0.15) is 5.26 Å². The fourth-order valence-corrected chi connectivity index (χ4v) is 2.54. The van der Waals surface area contributed by atoms with Gasteiger partial charge in [-0.25, -0.2) is 4.39 Å². The summed E-state index contributed by atoms with van der Waals surface area (Å²) in [4.78, 5) is 15.9. The lowest BCUT2D eigenvalue weighted by molar-refractivity contribution is -0.147. The number of carbonyl (C=O) groups is 1. The van der Waals surface area contributed by atoms with Crippen molar-refractivity contribution in [3.05, 3.63) is 35.1 Å². The third kappa shape index (κ3) is 2.52. The highest BCUT2D eigenvalue weighted by Gasteiger charge is 2.40. The monoisotopic (exact) mass is 275 g/mol. The molecule has 1 fully saturated rings. The van der Waals surface area contributed by atoms with Gasteiger partial charge in [-0.3, -0.25) is 9.69 Å². The average molecular weight is 275 g/mol. The Kier molecular flexibility index (Phi) is 3.78. The molecule has 0 bridgehead atoms. The maximum Gasteiger partial charge on any atom is 0.242 e. The van der Waals surface area contributed by atoms with E-state index in [0.717, 1.165) is 0 Å². The molecule has 1 heterocycles. The standard InChI is InChI=1S/C15H18FN3O/c1-15(2)14(20)18(3)6-7-19(15)10-12-8-13(16)5-4-11(12)9-17/h4-5,8H,6-7,10H2,1-3H3. The van der Waals surface area contributed by atoms with E-state index in [4.69, 9.17) is 5.26 Å². The average Bonchev–Trinajstić information content (AvgIpc) is 2.40. The van der Waals surface area contributed by atoms with Crippen molar-refractivity contribution >= 4 is 5.91 Å². The summed E-state index contributed by atoms with van der Waals surface area (Å²) < 4.78 is 13.4. The van der Waals surface area contributed by atoms with Crippen molar-refractivity contribution in [1.29, 1.82) is 5.26 Å². The number of carbonyl (C=O) groups excluding carboxylic acids is 1. The zero-order valence-corrected chi connectivity index (χ0v) is 12.0. The van der Waals surface area contributed by atoms with Crippen LogP contribution in [-0.2, 0) is 11.3 Å². The minimum atomic E-state index is -0.647. The van der Waals surface area contributed by atoms with E-state index in [2.05, 4.69) is 6.07 Å². The van der Waals surface area contributed by atoms with Crippen LogP contribution < -0.4 is 0 Å². The molecule has 0 aromatic heterocycles. The first-order valence-corrected chi connectivity index (χ1v) is 6.55. The second-order valence-corrected chi connectivity index (χ2v) is 5.62. The zero-order valence-electron chi connectivity index (χ0n) is 12.0. The Labute approximate surface area is 118 Å². The minimum Gasteiger partial charge on any atom is -0.343 e. The van der Waals surface area contributed by atoms with Crippen LogP contribution in [0.5, 0.6) is 0 Å².